The van der Waals surface area contributed by atoms with E-state index < -0.39 is 0 Å². The summed E-state index contributed by atoms with van der Waals surface area (Å²) in [5, 5.41) is 20.4. The van der Waals surface area contributed by atoms with Gasteiger partial charge in [-0.2, -0.15) is 0 Å². The van der Waals surface area contributed by atoms with Crippen molar-refractivity contribution in [1.82, 2.24) is 15.3 Å². The van der Waals surface area contributed by atoms with Crippen LogP contribution in [0.5, 0.6) is 0 Å². The lowest BCUT2D eigenvalue weighted by Gasteiger charge is -2.19. The molecule has 2 aromatic carbocycles. The Labute approximate surface area is 259 Å². The molecule has 1 unspecified atom stereocenters. The topological polar surface area (TPSA) is 108 Å². The summed E-state index contributed by atoms with van der Waals surface area (Å²) in [6.07, 6.45) is 10.1. The molecule has 234 valence electrons. The van der Waals surface area contributed by atoms with Gasteiger partial charge in [0, 0.05) is 30.5 Å². The quantitative estimate of drug-likeness (QED) is 0.0826. The monoisotopic (exact) mass is 586 g/mol. The van der Waals surface area contributed by atoms with Crippen molar-refractivity contribution in [2.45, 2.75) is 92.6 Å². The van der Waals surface area contributed by atoms with Crippen LogP contribution in [0.1, 0.15) is 93.8 Å². The van der Waals surface area contributed by atoms with Gasteiger partial charge in [0.2, 0.25) is 5.95 Å². The molecule has 1 aromatic heterocycles. The van der Waals surface area contributed by atoms with Crippen molar-refractivity contribution in [3.05, 3.63) is 76.1 Å². The van der Waals surface area contributed by atoms with E-state index in [9.17, 15) is 5.11 Å². The maximum Gasteiger partial charge on any atom is 0.227 e. The minimum absolute atomic E-state index is 0.346. The van der Waals surface area contributed by atoms with Gasteiger partial charge in [0.25, 0.3) is 0 Å². The molecule has 6 N–H and O–H groups in total. The number of anilines is 4. The molecule has 7 nitrogen and oxygen atoms in total. The van der Waals surface area contributed by atoms with Crippen molar-refractivity contribution >= 4 is 28.6 Å². The van der Waals surface area contributed by atoms with Crippen molar-refractivity contribution in [2.75, 3.05) is 36.5 Å². The number of likely N-dealkylation sites (N-methyl/N-ethyl adjacent to an activating group) is 1. The summed E-state index contributed by atoms with van der Waals surface area (Å²) in [4.78, 5) is 9.86. The summed E-state index contributed by atoms with van der Waals surface area (Å²) in [6.45, 7) is 14.7. The van der Waals surface area contributed by atoms with Gasteiger partial charge in [-0.05, 0) is 105 Å². The van der Waals surface area contributed by atoms with E-state index in [1.807, 2.05) is 26.2 Å². The molecule has 0 fully saturated rings. The maximum absolute atomic E-state index is 10.4. The molecule has 1 heterocycles. The summed E-state index contributed by atoms with van der Waals surface area (Å²) in [7, 11) is 1.94. The van der Waals surface area contributed by atoms with Crippen molar-refractivity contribution < 1.29 is 5.11 Å². The van der Waals surface area contributed by atoms with E-state index in [0.717, 1.165) is 66.1 Å². The highest BCUT2D eigenvalue weighted by molar-refractivity contribution is 5.82. The summed E-state index contributed by atoms with van der Waals surface area (Å²) in [5.41, 5.74) is 17.0. The molecule has 0 bridgehead atoms. The molecule has 0 saturated carbocycles. The van der Waals surface area contributed by atoms with Crippen molar-refractivity contribution in [3.63, 3.8) is 0 Å². The number of hydrogen-bond acceptors (Lipinski definition) is 7. The second-order valence-corrected chi connectivity index (χ2v) is 11.9. The van der Waals surface area contributed by atoms with Crippen molar-refractivity contribution in [2.24, 2.45) is 5.92 Å². The van der Waals surface area contributed by atoms with E-state index in [-0.39, 0.29) is 6.10 Å². The van der Waals surface area contributed by atoms with Crippen LogP contribution in [0.15, 0.2) is 42.6 Å². The van der Waals surface area contributed by atoms with Gasteiger partial charge < -0.3 is 26.8 Å². The van der Waals surface area contributed by atoms with Gasteiger partial charge in [-0.25, -0.2) is 9.97 Å². The number of benzene rings is 2. The number of nitrogens with one attached hydrogen (secondary N) is 3. The fourth-order valence-electron chi connectivity index (χ4n) is 5.44. The third kappa shape index (κ3) is 9.54. The lowest BCUT2D eigenvalue weighted by Crippen LogP contribution is -2.18. The largest absolute Gasteiger partial charge is 0.397 e. The predicted molar refractivity (Wildman–Crippen MR) is 184 cm³/mol. The van der Waals surface area contributed by atoms with Crippen LogP contribution in [0, 0.1) is 12.8 Å². The minimum Gasteiger partial charge on any atom is -0.397 e. The Morgan fingerprint density at radius 2 is 1.81 bits per heavy atom. The second-order valence-electron chi connectivity index (χ2n) is 11.9. The molecule has 0 amide bonds. The Morgan fingerprint density at radius 1 is 1.02 bits per heavy atom. The maximum atomic E-state index is 10.4. The summed E-state index contributed by atoms with van der Waals surface area (Å²) in [5.74, 6) is 1.24. The van der Waals surface area contributed by atoms with Crippen LogP contribution in [-0.2, 0) is 19.3 Å². The number of hydrogen-bond donors (Lipinski definition) is 5. The zero-order valence-corrected chi connectivity index (χ0v) is 27.5. The number of aliphatic hydroxyl groups is 1. The van der Waals surface area contributed by atoms with Crippen LogP contribution in [0.25, 0.3) is 5.57 Å². The first kappa shape index (κ1) is 34.1. The summed E-state index contributed by atoms with van der Waals surface area (Å²) < 4.78 is 0. The molecule has 0 aliphatic rings. The van der Waals surface area contributed by atoms with Crippen molar-refractivity contribution in [3.8, 4) is 0 Å². The average molecular weight is 587 g/mol. The zero-order valence-electron chi connectivity index (χ0n) is 27.5. The third-order valence-corrected chi connectivity index (χ3v) is 8.18. The summed E-state index contributed by atoms with van der Waals surface area (Å²) >= 11 is 0. The van der Waals surface area contributed by atoms with Crippen LogP contribution in [-0.4, -0.2) is 41.3 Å². The van der Waals surface area contributed by atoms with Crippen LogP contribution >= 0.6 is 0 Å². The lowest BCUT2D eigenvalue weighted by atomic mass is 9.89. The Balaban J connectivity index is 2.01. The Morgan fingerprint density at radius 3 is 2.49 bits per heavy atom. The molecule has 7 heteroatoms. The average Bonchev–Trinajstić information content (AvgIpc) is 2.99. The zero-order chi connectivity index (χ0) is 31.4. The van der Waals surface area contributed by atoms with E-state index in [2.05, 4.69) is 80.9 Å². The van der Waals surface area contributed by atoms with Crippen LogP contribution in [0.2, 0.25) is 0 Å². The Hall–Kier alpha value is -3.42. The van der Waals surface area contributed by atoms with Crippen LogP contribution in [0.3, 0.4) is 0 Å². The SMILES string of the molecule is C/C=C(\c1cccc(CCCC(C)C)c1C)c1nc(Nc2cc(N)c(NCCNC)cc2CC)ncc1CCC(O)CC. The van der Waals surface area contributed by atoms with Gasteiger partial charge in [-0.1, -0.05) is 58.4 Å². The van der Waals surface area contributed by atoms with E-state index in [1.165, 1.54) is 29.5 Å². The molecular weight excluding hydrogens is 532 g/mol. The predicted octanol–water partition coefficient (Wildman–Crippen LogP) is 7.44. The van der Waals surface area contributed by atoms with Gasteiger partial charge in [0.1, 0.15) is 0 Å². The van der Waals surface area contributed by atoms with Crippen LogP contribution in [0.4, 0.5) is 23.0 Å². The lowest BCUT2D eigenvalue weighted by molar-refractivity contribution is 0.160. The Bertz CT molecular complexity index is 1350. The molecule has 3 rings (SSSR count). The number of nitrogen functional groups attached to an aromatic ring is 1. The smallest absolute Gasteiger partial charge is 0.227 e. The van der Waals surface area contributed by atoms with Crippen molar-refractivity contribution in [1.29, 1.82) is 0 Å². The fraction of sp³-hybridized carbons (Fsp3) is 0.500. The molecule has 43 heavy (non-hydrogen) atoms. The van der Waals surface area contributed by atoms with Gasteiger partial charge in [0.05, 0.1) is 23.2 Å². The van der Waals surface area contributed by atoms with Gasteiger partial charge in [-0.3, -0.25) is 0 Å². The molecule has 0 radical (unpaired) electrons. The first-order valence-corrected chi connectivity index (χ1v) is 16.1. The van der Waals surface area contributed by atoms with Gasteiger partial charge in [-0.15, -0.1) is 0 Å². The fourth-order valence-corrected chi connectivity index (χ4v) is 5.44. The molecular formula is C36H54N6O. The first-order chi connectivity index (χ1) is 20.7. The number of aliphatic hydroxyl groups excluding tert-OH is 1. The molecule has 1 atom stereocenters. The molecule has 0 saturated heterocycles. The van der Waals surface area contributed by atoms with E-state index in [4.69, 9.17) is 15.7 Å². The second kappa shape index (κ2) is 17.0. The molecule has 3 aromatic rings. The number of allylic oxidation sites excluding steroid dienone is 1. The van der Waals surface area contributed by atoms with E-state index >= 15 is 0 Å². The summed E-state index contributed by atoms with van der Waals surface area (Å²) in [6, 6.07) is 10.7. The number of aromatic nitrogens is 2. The number of rotatable bonds is 17. The highest BCUT2D eigenvalue weighted by Crippen LogP contribution is 2.33. The van der Waals surface area contributed by atoms with E-state index in [1.54, 1.807) is 0 Å². The highest BCUT2D eigenvalue weighted by Gasteiger charge is 2.18. The number of nitrogens with zero attached hydrogens (tertiary/aromatic N) is 2. The normalized spacial score (nSPS) is 12.5. The van der Waals surface area contributed by atoms with Gasteiger partial charge in [0.15, 0.2) is 0 Å². The molecule has 0 aliphatic carbocycles. The standard InChI is InChI=1S/C36H54N6O/c1-8-26-21-34(39-20-19-38-7)32(37)22-33(26)41-36-40-23-28(17-18-29(43)9-2)35(42-36)30(10-3)31-16-12-15-27(25(31)6)14-11-13-24(4)5/h10,12,15-16,21-24,29,38-39,43H,8-9,11,13-14,17-20,37H2,1-7H3,(H,40,41,42)/b30-10+. The number of nitrogens with two attached hydrogens (primary N) is 1. The highest BCUT2D eigenvalue weighted by atomic mass is 16.3. The molecule has 0 spiro atoms. The third-order valence-electron chi connectivity index (χ3n) is 8.18. The Kier molecular flexibility index (Phi) is 13.5. The minimum atomic E-state index is -0.346. The first-order valence-electron chi connectivity index (χ1n) is 16.1. The van der Waals surface area contributed by atoms with E-state index in [0.29, 0.717) is 30.4 Å². The molecule has 0 aliphatic heterocycles. The van der Waals surface area contributed by atoms with Gasteiger partial charge >= 0.3 is 0 Å². The number of aryl methyl sites for hydroxylation is 3. The van der Waals surface area contributed by atoms with Crippen LogP contribution < -0.4 is 21.7 Å².